The normalized spacial score (nSPS) is 17.0. The van der Waals surface area contributed by atoms with Crippen LogP contribution >= 0.6 is 11.3 Å². The van der Waals surface area contributed by atoms with Gasteiger partial charge in [0.1, 0.15) is 11.2 Å². The van der Waals surface area contributed by atoms with E-state index in [1.165, 1.54) is 32.1 Å². The molecular weight excluding hydrogens is 535 g/mol. The quantitative estimate of drug-likeness (QED) is 0.313. The van der Waals surface area contributed by atoms with E-state index in [-0.39, 0.29) is 29.4 Å². The molecule has 4 rings (SSSR count). The number of nitrogens with zero attached hydrogens (tertiary/aromatic N) is 2. The van der Waals surface area contributed by atoms with Crippen LogP contribution in [-0.4, -0.2) is 7.05 Å². The zero-order chi connectivity index (χ0) is 22.6. The van der Waals surface area contributed by atoms with E-state index in [1.807, 2.05) is 11.3 Å². The lowest BCUT2D eigenvalue weighted by Gasteiger charge is -2.30. The molecule has 3 aromatic rings. The number of hydrogen-bond acceptors (Lipinski definition) is 2. The molecule has 0 saturated carbocycles. The number of aromatic nitrogens is 1. The summed E-state index contributed by atoms with van der Waals surface area (Å²) < 4.78 is 3.73. The second-order valence-corrected chi connectivity index (χ2v) is 10.3. The number of thiazole rings is 1. The molecule has 1 aliphatic rings. The molecule has 2 aromatic carbocycles. The first-order valence-corrected chi connectivity index (χ1v) is 12.2. The van der Waals surface area contributed by atoms with Gasteiger partial charge < -0.3 is 28.9 Å². The SMILES string of the molecule is CC[n+]1c(C=CC=C2C=C(C=CN(C)c3ccccc3)CC(C)(C)C2)sc2ccccc21.[I-]. The number of para-hydroxylation sites is 2. The molecule has 33 heavy (non-hydrogen) atoms. The summed E-state index contributed by atoms with van der Waals surface area (Å²) in [4.78, 5) is 2.18. The monoisotopic (exact) mass is 568 g/mol. The molecule has 0 aliphatic heterocycles. The van der Waals surface area contributed by atoms with Crippen molar-refractivity contribution in [2.75, 3.05) is 11.9 Å². The Balaban J connectivity index is 0.00000306. The van der Waals surface area contributed by atoms with E-state index in [2.05, 4.69) is 128 Å². The molecule has 172 valence electrons. The van der Waals surface area contributed by atoms with Gasteiger partial charge in [0.25, 0.3) is 5.01 Å². The van der Waals surface area contributed by atoms with Crippen molar-refractivity contribution in [1.82, 2.24) is 0 Å². The Morgan fingerprint density at radius 2 is 1.73 bits per heavy atom. The topological polar surface area (TPSA) is 7.12 Å². The van der Waals surface area contributed by atoms with Gasteiger partial charge in [-0.1, -0.05) is 73.7 Å². The van der Waals surface area contributed by atoms with Crippen molar-refractivity contribution in [1.29, 1.82) is 0 Å². The highest BCUT2D eigenvalue weighted by Gasteiger charge is 2.24. The molecule has 0 fully saturated rings. The van der Waals surface area contributed by atoms with E-state index < -0.39 is 0 Å². The van der Waals surface area contributed by atoms with Crippen LogP contribution in [-0.2, 0) is 6.54 Å². The van der Waals surface area contributed by atoms with E-state index in [0.29, 0.717) is 0 Å². The van der Waals surface area contributed by atoms with E-state index in [0.717, 1.165) is 19.4 Å². The van der Waals surface area contributed by atoms with Crippen LogP contribution in [0.5, 0.6) is 0 Å². The van der Waals surface area contributed by atoms with E-state index in [9.17, 15) is 0 Å². The van der Waals surface area contributed by atoms with Crippen molar-refractivity contribution in [3.05, 3.63) is 101 Å². The maximum atomic E-state index is 2.39. The molecule has 0 radical (unpaired) electrons. The minimum absolute atomic E-state index is 0. The Morgan fingerprint density at radius 1 is 1.00 bits per heavy atom. The minimum Gasteiger partial charge on any atom is -1.00 e. The third kappa shape index (κ3) is 6.45. The molecule has 2 nitrogen and oxygen atoms in total. The molecule has 4 heteroatoms. The van der Waals surface area contributed by atoms with Crippen LogP contribution in [0, 0.1) is 5.41 Å². The third-order valence-electron chi connectivity index (χ3n) is 5.91. The zero-order valence-electron chi connectivity index (χ0n) is 20.0. The van der Waals surface area contributed by atoms with Gasteiger partial charge in [-0.3, -0.25) is 0 Å². The molecule has 0 bridgehead atoms. The van der Waals surface area contributed by atoms with E-state index in [4.69, 9.17) is 0 Å². The molecule has 0 unspecified atom stereocenters. The first-order chi connectivity index (χ1) is 15.4. The number of aryl methyl sites for hydroxylation is 1. The van der Waals surface area contributed by atoms with Crippen LogP contribution in [0.2, 0.25) is 0 Å². The molecule has 0 spiro atoms. The lowest BCUT2D eigenvalue weighted by molar-refractivity contribution is -0.665. The van der Waals surface area contributed by atoms with Gasteiger partial charge in [0.2, 0.25) is 5.52 Å². The number of allylic oxidation sites excluding steroid dienone is 6. The first-order valence-electron chi connectivity index (χ1n) is 11.4. The van der Waals surface area contributed by atoms with Gasteiger partial charge in [-0.15, -0.1) is 0 Å². The van der Waals surface area contributed by atoms with Crippen LogP contribution in [0.4, 0.5) is 5.69 Å². The Bertz CT molecular complexity index is 1200. The number of benzene rings is 2. The fourth-order valence-electron chi connectivity index (χ4n) is 4.44. The van der Waals surface area contributed by atoms with Crippen molar-refractivity contribution in [2.24, 2.45) is 5.41 Å². The van der Waals surface area contributed by atoms with Gasteiger partial charge in [0, 0.05) is 31.1 Å². The summed E-state index contributed by atoms with van der Waals surface area (Å²) >= 11 is 1.86. The summed E-state index contributed by atoms with van der Waals surface area (Å²) in [6.45, 7) is 7.93. The van der Waals surface area contributed by atoms with Crippen molar-refractivity contribution in [3.8, 4) is 0 Å². The lowest BCUT2D eigenvalue weighted by Crippen LogP contribution is -3.00. The maximum absolute atomic E-state index is 2.39. The number of halogens is 1. The predicted molar refractivity (Wildman–Crippen MR) is 140 cm³/mol. The predicted octanol–water partition coefficient (Wildman–Crippen LogP) is 4.55. The third-order valence-corrected chi connectivity index (χ3v) is 7.04. The highest BCUT2D eigenvalue weighted by Crippen LogP contribution is 2.38. The van der Waals surface area contributed by atoms with Crippen LogP contribution in [0.1, 0.15) is 38.6 Å². The molecule has 0 atom stereocenters. The standard InChI is InChI=1S/C29H33N2S.HI/c1-5-31-26-15-9-10-16-27(26)32-28(31)17-11-12-23-20-24(22-29(2,3)21-23)18-19-30(4)25-13-7-6-8-14-25;/h6-20H,5,21-22H2,1-4H3;1H/q+1;/p-1. The second kappa shape index (κ2) is 11.3. The summed E-state index contributed by atoms with van der Waals surface area (Å²) in [6, 6.07) is 19.1. The van der Waals surface area contributed by atoms with Gasteiger partial charge in [-0.25, -0.2) is 0 Å². The van der Waals surface area contributed by atoms with Gasteiger partial charge in [0.15, 0.2) is 0 Å². The molecule has 1 aliphatic carbocycles. The molecule has 0 N–H and O–H groups in total. The van der Waals surface area contributed by atoms with Crippen molar-refractivity contribution < 1.29 is 28.5 Å². The largest absolute Gasteiger partial charge is 1.00 e. The summed E-state index contributed by atoms with van der Waals surface area (Å²) in [7, 11) is 2.10. The molecule has 0 saturated heterocycles. The van der Waals surface area contributed by atoms with Crippen molar-refractivity contribution in [3.63, 3.8) is 0 Å². The summed E-state index contributed by atoms with van der Waals surface area (Å²) in [5, 5.41) is 1.30. The number of hydrogen-bond donors (Lipinski definition) is 0. The maximum Gasteiger partial charge on any atom is 0.262 e. The van der Waals surface area contributed by atoms with Crippen LogP contribution < -0.4 is 33.4 Å². The van der Waals surface area contributed by atoms with Crippen LogP contribution in [0.15, 0.2) is 96.2 Å². The summed E-state index contributed by atoms with van der Waals surface area (Å²) in [6.07, 6.45) is 15.8. The van der Waals surface area contributed by atoms with Gasteiger partial charge in [-0.2, -0.15) is 4.57 Å². The molecule has 1 aromatic heterocycles. The van der Waals surface area contributed by atoms with Gasteiger partial charge in [-0.05, 0) is 60.6 Å². The first kappa shape index (κ1) is 25.4. The highest BCUT2D eigenvalue weighted by molar-refractivity contribution is 7.18. The van der Waals surface area contributed by atoms with Crippen LogP contribution in [0.3, 0.4) is 0 Å². The Morgan fingerprint density at radius 3 is 2.48 bits per heavy atom. The Labute approximate surface area is 219 Å². The molecular formula is C29H33IN2S. The average molecular weight is 569 g/mol. The molecule has 0 amide bonds. The Hall–Kier alpha value is -2.18. The fraction of sp³-hybridized carbons (Fsp3) is 0.276. The van der Waals surface area contributed by atoms with E-state index in [1.54, 1.807) is 0 Å². The molecule has 1 heterocycles. The summed E-state index contributed by atoms with van der Waals surface area (Å²) in [5.74, 6) is 0. The Kier molecular flexibility index (Phi) is 8.71. The average Bonchev–Trinajstić information content (AvgIpc) is 3.14. The van der Waals surface area contributed by atoms with Crippen LogP contribution in [0.25, 0.3) is 16.3 Å². The summed E-state index contributed by atoms with van der Waals surface area (Å²) in [5.41, 5.74) is 5.56. The zero-order valence-corrected chi connectivity index (χ0v) is 22.9. The van der Waals surface area contributed by atoms with Gasteiger partial charge >= 0.3 is 0 Å². The van der Waals surface area contributed by atoms with Crippen molar-refractivity contribution >= 4 is 33.3 Å². The fourth-order valence-corrected chi connectivity index (χ4v) is 5.57. The minimum atomic E-state index is 0. The second-order valence-electron chi connectivity index (χ2n) is 9.25. The van der Waals surface area contributed by atoms with E-state index >= 15 is 0 Å². The number of rotatable bonds is 6. The lowest BCUT2D eigenvalue weighted by atomic mass is 9.75. The number of fused-ring (bicyclic) bond motifs is 1. The number of anilines is 1. The van der Waals surface area contributed by atoms with Crippen molar-refractivity contribution in [2.45, 2.75) is 40.2 Å². The van der Waals surface area contributed by atoms with Gasteiger partial charge in [0.05, 0.1) is 0 Å². The highest BCUT2D eigenvalue weighted by atomic mass is 127. The smallest absolute Gasteiger partial charge is 0.262 e.